The molecule has 3 rings (SSSR count). The average Bonchev–Trinajstić information content (AvgIpc) is 3.30. The molecule has 6 nitrogen and oxygen atoms in total. The molecule has 1 aliphatic rings. The van der Waals surface area contributed by atoms with Crippen molar-refractivity contribution in [3.05, 3.63) is 41.0 Å². The summed E-state index contributed by atoms with van der Waals surface area (Å²) in [4.78, 5) is 32.4. The van der Waals surface area contributed by atoms with Crippen molar-refractivity contribution in [1.82, 2.24) is 15.2 Å². The van der Waals surface area contributed by atoms with E-state index in [-0.39, 0.29) is 34.6 Å². The molecule has 0 saturated carbocycles. The Bertz CT molecular complexity index is 868. The SMILES string of the molecule is Cc1ncsc1-c1ccc(CNC(=O)[C@@H]2C[C@@H](O)CN2C(=O)C(I)C(C)C)cc1. The molecular formula is C21H26IN3O3S. The van der Waals surface area contributed by atoms with Crippen molar-refractivity contribution in [3.63, 3.8) is 0 Å². The zero-order valence-corrected chi connectivity index (χ0v) is 19.7. The number of rotatable bonds is 6. The maximum absolute atomic E-state index is 12.7. The van der Waals surface area contributed by atoms with Gasteiger partial charge in [0.25, 0.3) is 0 Å². The van der Waals surface area contributed by atoms with Crippen LogP contribution in [0.5, 0.6) is 0 Å². The number of thiazole rings is 1. The number of β-amino-alcohol motifs (C(OH)–C–C–N with tert-alkyl or cyclic N) is 1. The van der Waals surface area contributed by atoms with E-state index < -0.39 is 12.1 Å². The predicted molar refractivity (Wildman–Crippen MR) is 123 cm³/mol. The van der Waals surface area contributed by atoms with Crippen LogP contribution in [0.2, 0.25) is 0 Å². The number of halogens is 1. The molecule has 0 aliphatic carbocycles. The number of likely N-dealkylation sites (tertiary alicyclic amines) is 1. The number of alkyl halides is 1. The van der Waals surface area contributed by atoms with Crippen LogP contribution in [0.1, 0.15) is 31.5 Å². The lowest BCUT2D eigenvalue weighted by Gasteiger charge is -2.27. The summed E-state index contributed by atoms with van der Waals surface area (Å²) in [5, 5.41) is 13.0. The van der Waals surface area contributed by atoms with Gasteiger partial charge in [0.05, 0.1) is 26.1 Å². The zero-order valence-electron chi connectivity index (χ0n) is 16.8. The van der Waals surface area contributed by atoms with Gasteiger partial charge in [0.2, 0.25) is 11.8 Å². The quantitative estimate of drug-likeness (QED) is 0.447. The van der Waals surface area contributed by atoms with Gasteiger partial charge in [0.1, 0.15) is 6.04 Å². The van der Waals surface area contributed by atoms with E-state index >= 15 is 0 Å². The molecule has 2 N–H and O–H groups in total. The van der Waals surface area contributed by atoms with Crippen LogP contribution in [0.4, 0.5) is 0 Å². The van der Waals surface area contributed by atoms with Gasteiger partial charge in [0, 0.05) is 19.5 Å². The molecule has 29 heavy (non-hydrogen) atoms. The molecule has 1 aliphatic heterocycles. The van der Waals surface area contributed by atoms with Gasteiger partial charge < -0.3 is 15.3 Å². The fourth-order valence-electron chi connectivity index (χ4n) is 3.41. The van der Waals surface area contributed by atoms with E-state index in [2.05, 4.69) is 32.9 Å². The highest BCUT2D eigenvalue weighted by atomic mass is 127. The normalized spacial score (nSPS) is 20.1. The van der Waals surface area contributed by atoms with E-state index in [1.54, 1.807) is 11.3 Å². The third-order valence-corrected chi connectivity index (χ3v) is 8.06. The highest BCUT2D eigenvalue weighted by molar-refractivity contribution is 14.1. The number of carbonyl (C=O) groups is 2. The third-order valence-electron chi connectivity index (χ3n) is 5.11. The van der Waals surface area contributed by atoms with Crippen LogP contribution >= 0.6 is 33.9 Å². The summed E-state index contributed by atoms with van der Waals surface area (Å²) < 4.78 is -0.212. The lowest BCUT2D eigenvalue weighted by molar-refractivity contribution is -0.138. The van der Waals surface area contributed by atoms with E-state index in [4.69, 9.17) is 0 Å². The third kappa shape index (κ3) is 5.16. The number of aliphatic hydroxyl groups excluding tert-OH is 1. The number of aliphatic hydroxyl groups is 1. The topological polar surface area (TPSA) is 82.5 Å². The van der Waals surface area contributed by atoms with Gasteiger partial charge in [-0.1, -0.05) is 60.7 Å². The van der Waals surface area contributed by atoms with Gasteiger partial charge in [-0.05, 0) is 24.0 Å². The molecule has 0 spiro atoms. The first-order valence-corrected chi connectivity index (χ1v) is 11.8. The van der Waals surface area contributed by atoms with E-state index in [9.17, 15) is 14.7 Å². The standard InChI is InChI=1S/C21H26IN3O3S/c1-12(2)18(22)21(28)25-10-16(26)8-17(25)20(27)23-9-14-4-6-15(7-5-14)19-13(3)24-11-29-19/h4-7,11-12,16-18,26H,8-10H2,1-3H3,(H,23,27)/t16-,17+,18?/m1/s1. The minimum absolute atomic E-state index is 0.0819. The number of benzene rings is 1. The molecule has 0 bridgehead atoms. The van der Waals surface area contributed by atoms with Gasteiger partial charge >= 0.3 is 0 Å². The first-order chi connectivity index (χ1) is 13.8. The summed E-state index contributed by atoms with van der Waals surface area (Å²) in [7, 11) is 0. The first-order valence-electron chi connectivity index (χ1n) is 9.67. The Balaban J connectivity index is 1.62. The van der Waals surface area contributed by atoms with Gasteiger partial charge in [-0.15, -0.1) is 11.3 Å². The van der Waals surface area contributed by atoms with Crippen LogP contribution in [-0.2, 0) is 16.1 Å². The van der Waals surface area contributed by atoms with E-state index in [1.165, 1.54) is 4.90 Å². The van der Waals surface area contributed by atoms with Crippen molar-refractivity contribution in [2.45, 2.75) is 49.8 Å². The second-order valence-electron chi connectivity index (χ2n) is 7.72. The fraction of sp³-hybridized carbons (Fsp3) is 0.476. The van der Waals surface area contributed by atoms with E-state index in [0.29, 0.717) is 6.54 Å². The molecule has 2 aromatic rings. The Kier molecular flexibility index (Phi) is 7.28. The molecule has 1 aromatic carbocycles. The Hall–Kier alpha value is -1.52. The summed E-state index contributed by atoms with van der Waals surface area (Å²) in [6, 6.07) is 7.41. The second-order valence-corrected chi connectivity index (χ2v) is 9.92. The Morgan fingerprint density at radius 1 is 1.34 bits per heavy atom. The summed E-state index contributed by atoms with van der Waals surface area (Å²) in [5.74, 6) is -0.128. The maximum atomic E-state index is 12.7. The van der Waals surface area contributed by atoms with Crippen LogP contribution in [0.15, 0.2) is 29.8 Å². The predicted octanol–water partition coefficient (Wildman–Crippen LogP) is 3.16. The number of aryl methyl sites for hydroxylation is 1. The van der Waals surface area contributed by atoms with Crippen LogP contribution in [0, 0.1) is 12.8 Å². The van der Waals surface area contributed by atoms with Crippen molar-refractivity contribution in [2.75, 3.05) is 6.54 Å². The molecule has 3 atom stereocenters. The highest BCUT2D eigenvalue weighted by Crippen LogP contribution is 2.27. The first kappa shape index (κ1) is 22.2. The number of aromatic nitrogens is 1. The Labute approximate surface area is 188 Å². The lowest BCUT2D eigenvalue weighted by Crippen LogP contribution is -2.48. The van der Waals surface area contributed by atoms with E-state index in [1.807, 2.05) is 50.5 Å². The monoisotopic (exact) mass is 527 g/mol. The van der Waals surface area contributed by atoms with Crippen molar-refractivity contribution in [3.8, 4) is 10.4 Å². The minimum atomic E-state index is -0.660. The summed E-state index contributed by atoms with van der Waals surface area (Å²) >= 11 is 3.73. The Morgan fingerprint density at radius 2 is 2.03 bits per heavy atom. The second kappa shape index (κ2) is 9.53. The van der Waals surface area contributed by atoms with Gasteiger partial charge in [-0.2, -0.15) is 0 Å². The highest BCUT2D eigenvalue weighted by Gasteiger charge is 2.40. The number of hydrogen-bond acceptors (Lipinski definition) is 5. The van der Waals surface area contributed by atoms with Gasteiger partial charge in [0.15, 0.2) is 0 Å². The smallest absolute Gasteiger partial charge is 0.243 e. The molecule has 1 unspecified atom stereocenters. The van der Waals surface area contributed by atoms with Gasteiger partial charge in [-0.25, -0.2) is 4.98 Å². The number of hydrogen-bond donors (Lipinski definition) is 2. The number of amides is 2. The molecule has 8 heteroatoms. The molecule has 2 amide bonds. The van der Waals surface area contributed by atoms with Crippen LogP contribution in [0.3, 0.4) is 0 Å². The van der Waals surface area contributed by atoms with Crippen molar-refractivity contribution >= 4 is 45.7 Å². The average molecular weight is 527 g/mol. The minimum Gasteiger partial charge on any atom is -0.391 e. The largest absolute Gasteiger partial charge is 0.391 e. The molecule has 1 aromatic heterocycles. The molecule has 0 radical (unpaired) electrons. The molecule has 1 fully saturated rings. The van der Waals surface area contributed by atoms with Gasteiger partial charge in [-0.3, -0.25) is 9.59 Å². The molecular weight excluding hydrogens is 501 g/mol. The Morgan fingerprint density at radius 3 is 2.62 bits per heavy atom. The van der Waals surface area contributed by atoms with Crippen LogP contribution < -0.4 is 5.32 Å². The maximum Gasteiger partial charge on any atom is 0.243 e. The fourth-order valence-corrected chi connectivity index (χ4v) is 4.58. The number of nitrogens with one attached hydrogen (secondary N) is 1. The zero-order chi connectivity index (χ0) is 21.1. The van der Waals surface area contributed by atoms with Crippen LogP contribution in [-0.4, -0.2) is 49.4 Å². The molecule has 2 heterocycles. The van der Waals surface area contributed by atoms with E-state index in [0.717, 1.165) is 21.7 Å². The lowest BCUT2D eigenvalue weighted by atomic mass is 10.1. The summed E-state index contributed by atoms with van der Waals surface area (Å²) in [5.41, 5.74) is 4.93. The van der Waals surface area contributed by atoms with Crippen molar-refractivity contribution in [2.24, 2.45) is 5.92 Å². The number of carbonyl (C=O) groups excluding carboxylic acids is 2. The van der Waals surface area contributed by atoms with Crippen molar-refractivity contribution in [1.29, 1.82) is 0 Å². The van der Waals surface area contributed by atoms with Crippen LogP contribution in [0.25, 0.3) is 10.4 Å². The molecule has 156 valence electrons. The summed E-state index contributed by atoms with van der Waals surface area (Å²) in [6.07, 6.45) is -0.379. The number of nitrogens with zero attached hydrogens (tertiary/aromatic N) is 2. The van der Waals surface area contributed by atoms with Crippen molar-refractivity contribution < 1.29 is 14.7 Å². The molecule has 1 saturated heterocycles. The summed E-state index contributed by atoms with van der Waals surface area (Å²) in [6.45, 7) is 6.55.